The van der Waals surface area contributed by atoms with Crippen molar-refractivity contribution in [3.05, 3.63) is 59.8 Å². The van der Waals surface area contributed by atoms with Crippen LogP contribution in [0.15, 0.2) is 53.6 Å². The maximum absolute atomic E-state index is 12.5. The molecule has 0 saturated heterocycles. The molecule has 0 saturated carbocycles. The first-order valence-electron chi connectivity index (χ1n) is 8.26. The van der Waals surface area contributed by atoms with E-state index in [9.17, 15) is 9.59 Å². The predicted octanol–water partition coefficient (Wildman–Crippen LogP) is 4.26. The summed E-state index contributed by atoms with van der Waals surface area (Å²) < 4.78 is 0. The van der Waals surface area contributed by atoms with E-state index in [1.54, 1.807) is 24.3 Å². The minimum atomic E-state index is -0.336. The molecule has 0 aliphatic carbocycles. The van der Waals surface area contributed by atoms with Gasteiger partial charge in [-0.05, 0) is 57.2 Å². The number of ketones is 1. The van der Waals surface area contributed by atoms with Crippen LogP contribution in [0.5, 0.6) is 0 Å². The molecule has 0 aliphatic rings. The SMILES string of the molecule is CC(=O)c1ccc(NC(=O)C(C)Sc2nc3ccccc3nc2C)cc1. The highest BCUT2D eigenvalue weighted by molar-refractivity contribution is 8.00. The van der Waals surface area contributed by atoms with E-state index in [-0.39, 0.29) is 16.9 Å². The molecule has 1 amide bonds. The Hall–Kier alpha value is -2.73. The zero-order valence-corrected chi connectivity index (χ0v) is 15.6. The molecule has 0 bridgehead atoms. The van der Waals surface area contributed by atoms with Gasteiger partial charge in [0.1, 0.15) is 5.03 Å². The summed E-state index contributed by atoms with van der Waals surface area (Å²) in [7, 11) is 0. The van der Waals surface area contributed by atoms with E-state index in [1.165, 1.54) is 18.7 Å². The number of thioether (sulfide) groups is 1. The van der Waals surface area contributed by atoms with Crippen LogP contribution in [0, 0.1) is 6.92 Å². The topological polar surface area (TPSA) is 72.0 Å². The molecule has 0 fully saturated rings. The lowest BCUT2D eigenvalue weighted by atomic mass is 10.1. The highest BCUT2D eigenvalue weighted by atomic mass is 32.2. The second-order valence-corrected chi connectivity index (χ2v) is 7.32. The number of carbonyl (C=O) groups is 2. The lowest BCUT2D eigenvalue weighted by Crippen LogP contribution is -2.22. The van der Waals surface area contributed by atoms with E-state index in [1.807, 2.05) is 38.1 Å². The number of rotatable bonds is 5. The highest BCUT2D eigenvalue weighted by Gasteiger charge is 2.17. The van der Waals surface area contributed by atoms with Crippen LogP contribution in [0.25, 0.3) is 11.0 Å². The molecule has 1 N–H and O–H groups in total. The third kappa shape index (κ3) is 4.08. The molecule has 2 aromatic carbocycles. The quantitative estimate of drug-likeness (QED) is 0.540. The van der Waals surface area contributed by atoms with E-state index in [4.69, 9.17) is 0 Å². The first kappa shape index (κ1) is 18.1. The van der Waals surface area contributed by atoms with Crippen molar-refractivity contribution in [2.45, 2.75) is 31.0 Å². The van der Waals surface area contributed by atoms with Gasteiger partial charge in [-0.25, -0.2) is 9.97 Å². The largest absolute Gasteiger partial charge is 0.325 e. The van der Waals surface area contributed by atoms with Crippen molar-refractivity contribution in [3.8, 4) is 0 Å². The molecule has 0 aliphatic heterocycles. The normalized spacial score (nSPS) is 12.0. The molecular weight excluding hydrogens is 346 g/mol. The fourth-order valence-corrected chi connectivity index (χ4v) is 3.30. The summed E-state index contributed by atoms with van der Waals surface area (Å²) >= 11 is 1.38. The van der Waals surface area contributed by atoms with Gasteiger partial charge in [0.25, 0.3) is 0 Å². The maximum Gasteiger partial charge on any atom is 0.237 e. The number of hydrogen-bond donors (Lipinski definition) is 1. The van der Waals surface area contributed by atoms with Gasteiger partial charge < -0.3 is 5.32 Å². The Labute approximate surface area is 156 Å². The number of nitrogens with zero attached hydrogens (tertiary/aromatic N) is 2. The molecular formula is C20H19N3O2S. The predicted molar refractivity (Wildman–Crippen MR) is 105 cm³/mol. The van der Waals surface area contributed by atoms with Crippen molar-refractivity contribution < 1.29 is 9.59 Å². The Morgan fingerprint density at radius 1 is 1.00 bits per heavy atom. The summed E-state index contributed by atoms with van der Waals surface area (Å²) in [5, 5.41) is 3.28. The first-order chi connectivity index (χ1) is 12.4. The van der Waals surface area contributed by atoms with E-state index < -0.39 is 0 Å². The van der Waals surface area contributed by atoms with Crippen LogP contribution in [-0.4, -0.2) is 26.9 Å². The standard InChI is InChI=1S/C20H19N3O2S/c1-12-20(23-18-7-5-4-6-17(18)21-12)26-14(3)19(25)22-16-10-8-15(9-11-16)13(2)24/h4-11,14H,1-3H3,(H,22,25). The van der Waals surface area contributed by atoms with Gasteiger partial charge in [0.15, 0.2) is 5.78 Å². The summed E-state index contributed by atoms with van der Waals surface area (Å²) in [6.07, 6.45) is 0. The van der Waals surface area contributed by atoms with E-state index in [0.29, 0.717) is 11.3 Å². The Bertz CT molecular complexity index is 970. The molecule has 1 unspecified atom stereocenters. The van der Waals surface area contributed by atoms with Crippen LogP contribution in [0.4, 0.5) is 5.69 Å². The molecule has 6 heteroatoms. The Morgan fingerprint density at radius 3 is 2.23 bits per heavy atom. The first-order valence-corrected chi connectivity index (χ1v) is 9.14. The number of para-hydroxylation sites is 2. The van der Waals surface area contributed by atoms with Gasteiger partial charge in [-0.1, -0.05) is 23.9 Å². The lowest BCUT2D eigenvalue weighted by molar-refractivity contribution is -0.115. The number of carbonyl (C=O) groups excluding carboxylic acids is 2. The number of aryl methyl sites for hydroxylation is 1. The van der Waals surface area contributed by atoms with Crippen molar-refractivity contribution in [1.29, 1.82) is 0 Å². The fourth-order valence-electron chi connectivity index (χ4n) is 2.44. The monoisotopic (exact) mass is 365 g/mol. The molecule has 0 radical (unpaired) electrons. The molecule has 132 valence electrons. The van der Waals surface area contributed by atoms with E-state index in [0.717, 1.165) is 21.8 Å². The molecule has 0 spiro atoms. The third-order valence-electron chi connectivity index (χ3n) is 3.92. The van der Waals surface area contributed by atoms with Gasteiger partial charge in [-0.3, -0.25) is 9.59 Å². The molecule has 26 heavy (non-hydrogen) atoms. The summed E-state index contributed by atoms with van der Waals surface area (Å²) in [5.74, 6) is -0.128. The van der Waals surface area contributed by atoms with E-state index >= 15 is 0 Å². The zero-order chi connectivity index (χ0) is 18.7. The van der Waals surface area contributed by atoms with Gasteiger partial charge in [-0.15, -0.1) is 0 Å². The second-order valence-electron chi connectivity index (χ2n) is 5.99. The summed E-state index contributed by atoms with van der Waals surface area (Å²) in [6.45, 7) is 5.24. The summed E-state index contributed by atoms with van der Waals surface area (Å²) in [5.41, 5.74) is 3.74. The Kier molecular flexibility index (Phi) is 5.32. The molecule has 1 atom stereocenters. The van der Waals surface area contributed by atoms with Crippen molar-refractivity contribution in [2.75, 3.05) is 5.32 Å². The van der Waals surface area contributed by atoms with Gasteiger partial charge in [0, 0.05) is 11.3 Å². The number of amides is 1. The van der Waals surface area contributed by atoms with Crippen LogP contribution in [0.1, 0.15) is 29.9 Å². The minimum absolute atomic E-state index is 0.00264. The molecule has 3 rings (SSSR count). The van der Waals surface area contributed by atoms with Crippen molar-refractivity contribution in [1.82, 2.24) is 9.97 Å². The highest BCUT2D eigenvalue weighted by Crippen LogP contribution is 2.26. The van der Waals surface area contributed by atoms with Crippen molar-refractivity contribution in [3.63, 3.8) is 0 Å². The number of benzene rings is 2. The average molecular weight is 365 g/mol. The number of hydrogen-bond acceptors (Lipinski definition) is 5. The number of fused-ring (bicyclic) bond motifs is 1. The summed E-state index contributed by atoms with van der Waals surface area (Å²) in [6, 6.07) is 14.5. The number of Topliss-reactive ketones (excluding diaryl/α,β-unsaturated/α-hetero) is 1. The Balaban J connectivity index is 1.71. The van der Waals surface area contributed by atoms with Crippen molar-refractivity contribution >= 4 is 40.2 Å². The van der Waals surface area contributed by atoms with Crippen LogP contribution in [0.3, 0.4) is 0 Å². The molecule has 5 nitrogen and oxygen atoms in total. The van der Waals surface area contributed by atoms with Crippen LogP contribution in [-0.2, 0) is 4.79 Å². The molecule has 3 aromatic rings. The van der Waals surface area contributed by atoms with Gasteiger partial charge in [0.05, 0.1) is 22.0 Å². The number of aromatic nitrogens is 2. The lowest BCUT2D eigenvalue weighted by Gasteiger charge is -2.13. The smallest absolute Gasteiger partial charge is 0.237 e. The van der Waals surface area contributed by atoms with Crippen LogP contribution in [0.2, 0.25) is 0 Å². The van der Waals surface area contributed by atoms with Gasteiger partial charge in [-0.2, -0.15) is 0 Å². The van der Waals surface area contributed by atoms with Crippen molar-refractivity contribution in [2.24, 2.45) is 0 Å². The van der Waals surface area contributed by atoms with E-state index in [2.05, 4.69) is 15.3 Å². The van der Waals surface area contributed by atoms with Crippen LogP contribution >= 0.6 is 11.8 Å². The van der Waals surface area contributed by atoms with Crippen LogP contribution < -0.4 is 5.32 Å². The third-order valence-corrected chi connectivity index (χ3v) is 5.10. The van der Waals surface area contributed by atoms with Gasteiger partial charge >= 0.3 is 0 Å². The molecule has 1 aromatic heterocycles. The minimum Gasteiger partial charge on any atom is -0.325 e. The zero-order valence-electron chi connectivity index (χ0n) is 14.8. The summed E-state index contributed by atoms with van der Waals surface area (Å²) in [4.78, 5) is 32.9. The maximum atomic E-state index is 12.5. The van der Waals surface area contributed by atoms with Gasteiger partial charge in [0.2, 0.25) is 5.91 Å². The fraction of sp³-hybridized carbons (Fsp3) is 0.200. The number of nitrogens with one attached hydrogen (secondary N) is 1. The Morgan fingerprint density at radius 2 is 1.62 bits per heavy atom. The molecule has 1 heterocycles. The number of anilines is 1. The average Bonchev–Trinajstić information content (AvgIpc) is 2.62. The second kappa shape index (κ2) is 7.66.